The minimum atomic E-state index is -0.515. The Morgan fingerprint density at radius 1 is 1.47 bits per heavy atom. The van der Waals surface area contributed by atoms with E-state index < -0.39 is 4.92 Å². The van der Waals surface area contributed by atoms with Gasteiger partial charge in [-0.25, -0.2) is 0 Å². The van der Waals surface area contributed by atoms with Gasteiger partial charge in [0.1, 0.15) is 5.56 Å². The molecule has 1 aliphatic rings. The quantitative estimate of drug-likeness (QED) is 0.516. The minimum absolute atomic E-state index is 0.0274. The van der Waals surface area contributed by atoms with Crippen LogP contribution in [0, 0.1) is 17.0 Å². The first-order valence-electron chi connectivity index (χ1n) is 6.31. The third-order valence-corrected chi connectivity index (χ3v) is 3.25. The fourth-order valence-electron chi connectivity index (χ4n) is 2.27. The first-order chi connectivity index (χ1) is 9.09. The molecule has 0 saturated carbocycles. The molecule has 0 heterocycles. The highest BCUT2D eigenvalue weighted by Crippen LogP contribution is 2.22. The molecule has 1 N–H and O–H groups in total. The number of nitro groups is 1. The summed E-state index contributed by atoms with van der Waals surface area (Å²) in [4.78, 5) is 22.7. The lowest BCUT2D eigenvalue weighted by Crippen LogP contribution is -2.35. The van der Waals surface area contributed by atoms with Crippen LogP contribution in [0.5, 0.6) is 0 Å². The van der Waals surface area contributed by atoms with Gasteiger partial charge in [0.2, 0.25) is 0 Å². The van der Waals surface area contributed by atoms with E-state index in [-0.39, 0.29) is 23.2 Å². The third kappa shape index (κ3) is 2.99. The number of rotatable bonds is 3. The molecule has 2 rings (SSSR count). The van der Waals surface area contributed by atoms with Crippen molar-refractivity contribution in [3.05, 3.63) is 51.6 Å². The number of benzene rings is 1. The van der Waals surface area contributed by atoms with Gasteiger partial charge in [0.25, 0.3) is 11.6 Å². The zero-order valence-electron chi connectivity index (χ0n) is 10.8. The van der Waals surface area contributed by atoms with Gasteiger partial charge < -0.3 is 5.32 Å². The molecule has 0 bridgehead atoms. The summed E-state index contributed by atoms with van der Waals surface area (Å²) in [5, 5.41) is 13.8. The van der Waals surface area contributed by atoms with Gasteiger partial charge in [-0.05, 0) is 31.7 Å². The number of aryl methyl sites for hydroxylation is 1. The number of nitro benzene ring substituents is 1. The van der Waals surface area contributed by atoms with Gasteiger partial charge in [-0.3, -0.25) is 14.9 Å². The lowest BCUT2D eigenvalue weighted by molar-refractivity contribution is -0.385. The van der Waals surface area contributed by atoms with Gasteiger partial charge in [-0.15, -0.1) is 0 Å². The highest BCUT2D eigenvalue weighted by atomic mass is 16.6. The van der Waals surface area contributed by atoms with Crippen molar-refractivity contribution in [3.63, 3.8) is 0 Å². The van der Waals surface area contributed by atoms with Crippen LogP contribution >= 0.6 is 0 Å². The second kappa shape index (κ2) is 5.65. The predicted molar refractivity (Wildman–Crippen MR) is 72.1 cm³/mol. The summed E-state index contributed by atoms with van der Waals surface area (Å²) < 4.78 is 0. The number of nitrogens with zero attached hydrogens (tertiary/aromatic N) is 1. The van der Waals surface area contributed by atoms with Crippen molar-refractivity contribution in [2.75, 3.05) is 0 Å². The van der Waals surface area contributed by atoms with Crippen LogP contribution in [0.3, 0.4) is 0 Å². The average Bonchev–Trinajstić information content (AvgIpc) is 2.39. The van der Waals surface area contributed by atoms with Crippen LogP contribution in [0.25, 0.3) is 0 Å². The second-order valence-corrected chi connectivity index (χ2v) is 4.67. The zero-order chi connectivity index (χ0) is 13.8. The summed E-state index contributed by atoms with van der Waals surface area (Å²) in [6, 6.07) is 4.63. The standard InChI is InChI=1S/C14H16N2O3/c1-10-6-5-9-12(16(18)19)13(10)14(17)15-11-7-3-2-4-8-11/h3,5-7,9,11H,2,4,8H2,1H3,(H,15,17)/t11-/m0/s1. The van der Waals surface area contributed by atoms with Crippen LogP contribution in [-0.4, -0.2) is 16.9 Å². The molecule has 0 spiro atoms. The van der Waals surface area contributed by atoms with E-state index in [1.54, 1.807) is 19.1 Å². The van der Waals surface area contributed by atoms with E-state index in [9.17, 15) is 14.9 Å². The number of hydrogen-bond acceptors (Lipinski definition) is 3. The molecule has 1 atom stereocenters. The molecule has 0 aromatic heterocycles. The van der Waals surface area contributed by atoms with Crippen molar-refractivity contribution < 1.29 is 9.72 Å². The molecule has 0 unspecified atom stereocenters. The Morgan fingerprint density at radius 3 is 2.89 bits per heavy atom. The van der Waals surface area contributed by atoms with E-state index in [0.717, 1.165) is 19.3 Å². The fourth-order valence-corrected chi connectivity index (χ4v) is 2.27. The molecule has 0 saturated heterocycles. The monoisotopic (exact) mass is 260 g/mol. The molecule has 1 aliphatic carbocycles. The normalized spacial score (nSPS) is 18.1. The predicted octanol–water partition coefficient (Wildman–Crippen LogP) is 2.74. The number of amides is 1. The Balaban J connectivity index is 2.25. The van der Waals surface area contributed by atoms with Crippen LogP contribution in [0.2, 0.25) is 0 Å². The van der Waals surface area contributed by atoms with Crippen molar-refractivity contribution in [1.29, 1.82) is 0 Å². The van der Waals surface area contributed by atoms with E-state index in [0.29, 0.717) is 5.56 Å². The first-order valence-corrected chi connectivity index (χ1v) is 6.31. The first kappa shape index (κ1) is 13.3. The summed E-state index contributed by atoms with van der Waals surface area (Å²) in [6.07, 6.45) is 6.91. The topological polar surface area (TPSA) is 72.2 Å². The lowest BCUT2D eigenvalue weighted by Gasteiger charge is -2.18. The molecule has 0 fully saturated rings. The van der Waals surface area contributed by atoms with Crippen LogP contribution in [0.4, 0.5) is 5.69 Å². The zero-order valence-corrected chi connectivity index (χ0v) is 10.8. The number of carbonyl (C=O) groups excluding carboxylic acids is 1. The maximum absolute atomic E-state index is 12.2. The number of allylic oxidation sites excluding steroid dienone is 1. The smallest absolute Gasteiger partial charge is 0.282 e. The summed E-state index contributed by atoms with van der Waals surface area (Å²) in [6.45, 7) is 1.71. The van der Waals surface area contributed by atoms with Crippen molar-refractivity contribution in [2.45, 2.75) is 32.2 Å². The lowest BCUT2D eigenvalue weighted by atomic mass is 10.0. The Kier molecular flexibility index (Phi) is 3.94. The molecule has 100 valence electrons. The van der Waals surface area contributed by atoms with Gasteiger partial charge in [-0.2, -0.15) is 0 Å². The van der Waals surface area contributed by atoms with Crippen molar-refractivity contribution in [3.8, 4) is 0 Å². The second-order valence-electron chi connectivity index (χ2n) is 4.67. The van der Waals surface area contributed by atoms with E-state index in [4.69, 9.17) is 0 Å². The van der Waals surface area contributed by atoms with Crippen molar-refractivity contribution in [2.24, 2.45) is 0 Å². The third-order valence-electron chi connectivity index (χ3n) is 3.25. The highest BCUT2D eigenvalue weighted by molar-refractivity contribution is 5.99. The molecule has 1 aromatic rings. The highest BCUT2D eigenvalue weighted by Gasteiger charge is 2.23. The Morgan fingerprint density at radius 2 is 2.26 bits per heavy atom. The molecule has 0 radical (unpaired) electrons. The Labute approximate surface area is 111 Å². The van der Waals surface area contributed by atoms with Crippen LogP contribution in [0.1, 0.15) is 35.2 Å². The fraction of sp³-hybridized carbons (Fsp3) is 0.357. The maximum atomic E-state index is 12.2. The number of hydrogen-bond donors (Lipinski definition) is 1. The number of carbonyl (C=O) groups is 1. The summed E-state index contributed by atoms with van der Waals surface area (Å²) in [7, 11) is 0. The van der Waals surface area contributed by atoms with Crippen LogP contribution in [-0.2, 0) is 0 Å². The van der Waals surface area contributed by atoms with E-state index >= 15 is 0 Å². The Hall–Kier alpha value is -2.17. The van der Waals surface area contributed by atoms with Gasteiger partial charge >= 0.3 is 0 Å². The largest absolute Gasteiger partial charge is 0.346 e. The molecule has 19 heavy (non-hydrogen) atoms. The summed E-state index contributed by atoms with van der Waals surface area (Å²) >= 11 is 0. The van der Waals surface area contributed by atoms with E-state index in [1.807, 2.05) is 12.2 Å². The van der Waals surface area contributed by atoms with Crippen molar-refractivity contribution in [1.82, 2.24) is 5.32 Å². The molecule has 5 heteroatoms. The van der Waals surface area contributed by atoms with Gasteiger partial charge in [0, 0.05) is 12.1 Å². The van der Waals surface area contributed by atoms with Crippen LogP contribution in [0.15, 0.2) is 30.4 Å². The molecular weight excluding hydrogens is 244 g/mol. The number of nitrogens with one attached hydrogen (secondary N) is 1. The maximum Gasteiger partial charge on any atom is 0.282 e. The van der Waals surface area contributed by atoms with Gasteiger partial charge in [-0.1, -0.05) is 24.3 Å². The SMILES string of the molecule is Cc1cccc([N+](=O)[O-])c1C(=O)N[C@H]1C=CCCC1. The summed E-state index contributed by atoms with van der Waals surface area (Å²) in [5.41, 5.74) is 0.634. The van der Waals surface area contributed by atoms with Gasteiger partial charge in [0.05, 0.1) is 4.92 Å². The average molecular weight is 260 g/mol. The molecule has 1 aromatic carbocycles. The minimum Gasteiger partial charge on any atom is -0.346 e. The van der Waals surface area contributed by atoms with Crippen LogP contribution < -0.4 is 5.32 Å². The van der Waals surface area contributed by atoms with Gasteiger partial charge in [0.15, 0.2) is 0 Å². The Bertz CT molecular complexity index is 537. The summed E-state index contributed by atoms with van der Waals surface area (Å²) in [5.74, 6) is -0.374. The van der Waals surface area contributed by atoms with Crippen molar-refractivity contribution >= 4 is 11.6 Å². The molecular formula is C14H16N2O3. The molecule has 0 aliphatic heterocycles. The molecule has 5 nitrogen and oxygen atoms in total. The van der Waals surface area contributed by atoms with E-state index in [2.05, 4.69) is 5.32 Å². The molecule has 1 amide bonds. The van der Waals surface area contributed by atoms with E-state index in [1.165, 1.54) is 6.07 Å².